The average molecular weight is 287 g/mol. The molecule has 0 amide bonds. The third kappa shape index (κ3) is 3.70. The average Bonchev–Trinajstić information content (AvgIpc) is 2.86. The van der Waals surface area contributed by atoms with E-state index in [0.29, 0.717) is 11.6 Å². The van der Waals surface area contributed by atoms with Crippen molar-refractivity contribution >= 4 is 5.82 Å². The summed E-state index contributed by atoms with van der Waals surface area (Å²) in [7, 11) is 0. The molecule has 2 heterocycles. The van der Waals surface area contributed by atoms with Gasteiger partial charge in [0.2, 0.25) is 0 Å². The molecule has 110 valence electrons. The third-order valence-corrected chi connectivity index (χ3v) is 3.58. The molecule has 1 aliphatic rings. The minimum Gasteiger partial charge on any atom is -0.489 e. The molecule has 2 N–H and O–H groups in total. The standard InChI is InChI=1S/C16H18FN3O/c17-13-2-1-3-14(9-13)21-15-5-7-20(11-15)10-12-4-6-19-16(18)8-12/h1-4,6,8-9,15H,5,7,10-11H2,(H2,18,19)/t15-/m1/s1. The smallest absolute Gasteiger partial charge is 0.126 e. The fraction of sp³-hybridized carbons (Fsp3) is 0.312. The van der Waals surface area contributed by atoms with Crippen molar-refractivity contribution in [1.82, 2.24) is 9.88 Å². The number of hydrogen-bond acceptors (Lipinski definition) is 4. The Balaban J connectivity index is 1.56. The van der Waals surface area contributed by atoms with Crippen molar-refractivity contribution in [2.75, 3.05) is 18.8 Å². The molecule has 1 atom stereocenters. The van der Waals surface area contributed by atoms with E-state index in [9.17, 15) is 4.39 Å². The number of nitrogens with two attached hydrogens (primary N) is 1. The van der Waals surface area contributed by atoms with Crippen molar-refractivity contribution < 1.29 is 9.13 Å². The summed E-state index contributed by atoms with van der Waals surface area (Å²) in [6.07, 6.45) is 2.77. The van der Waals surface area contributed by atoms with Crippen molar-refractivity contribution in [2.45, 2.75) is 19.1 Å². The molecule has 0 aliphatic carbocycles. The highest BCUT2D eigenvalue weighted by Crippen LogP contribution is 2.20. The summed E-state index contributed by atoms with van der Waals surface area (Å²) in [6, 6.07) is 10.2. The second-order valence-corrected chi connectivity index (χ2v) is 5.31. The van der Waals surface area contributed by atoms with Crippen molar-refractivity contribution in [3.8, 4) is 5.75 Å². The van der Waals surface area contributed by atoms with Gasteiger partial charge in [-0.3, -0.25) is 4.90 Å². The van der Waals surface area contributed by atoms with Gasteiger partial charge in [-0.1, -0.05) is 6.07 Å². The van der Waals surface area contributed by atoms with Crippen LogP contribution < -0.4 is 10.5 Å². The lowest BCUT2D eigenvalue weighted by molar-refractivity contribution is 0.197. The van der Waals surface area contributed by atoms with Gasteiger partial charge in [-0.2, -0.15) is 0 Å². The maximum atomic E-state index is 13.1. The molecule has 0 saturated carbocycles. The Kier molecular flexibility index (Phi) is 4.01. The van der Waals surface area contributed by atoms with Crippen LogP contribution >= 0.6 is 0 Å². The molecule has 1 aliphatic heterocycles. The van der Waals surface area contributed by atoms with Gasteiger partial charge < -0.3 is 10.5 Å². The van der Waals surface area contributed by atoms with Gasteiger partial charge in [0.05, 0.1) is 0 Å². The Labute approximate surface area is 123 Å². The van der Waals surface area contributed by atoms with Crippen molar-refractivity contribution in [1.29, 1.82) is 0 Å². The monoisotopic (exact) mass is 287 g/mol. The molecule has 0 radical (unpaired) electrons. The van der Waals surface area contributed by atoms with Crippen LogP contribution in [0.1, 0.15) is 12.0 Å². The summed E-state index contributed by atoms with van der Waals surface area (Å²) in [5.74, 6) is 0.865. The first-order chi connectivity index (χ1) is 10.2. The van der Waals surface area contributed by atoms with Crippen molar-refractivity contribution in [3.63, 3.8) is 0 Å². The van der Waals surface area contributed by atoms with Crippen LogP contribution in [0.25, 0.3) is 0 Å². The van der Waals surface area contributed by atoms with Gasteiger partial charge in [0, 0.05) is 31.9 Å². The van der Waals surface area contributed by atoms with E-state index in [2.05, 4.69) is 9.88 Å². The van der Waals surface area contributed by atoms with Crippen LogP contribution in [0.3, 0.4) is 0 Å². The van der Waals surface area contributed by atoms with Crippen LogP contribution in [0.4, 0.5) is 10.2 Å². The van der Waals surface area contributed by atoms with E-state index >= 15 is 0 Å². The summed E-state index contributed by atoms with van der Waals surface area (Å²) in [6.45, 7) is 2.62. The Morgan fingerprint density at radius 2 is 2.24 bits per heavy atom. The van der Waals surface area contributed by atoms with Crippen molar-refractivity contribution in [3.05, 3.63) is 54.0 Å². The number of nitrogens with zero attached hydrogens (tertiary/aromatic N) is 2. The van der Waals surface area contributed by atoms with Crippen LogP contribution in [0.15, 0.2) is 42.6 Å². The number of likely N-dealkylation sites (tertiary alicyclic amines) is 1. The minimum absolute atomic E-state index is 0.103. The van der Waals surface area contributed by atoms with Gasteiger partial charge in [0.1, 0.15) is 23.5 Å². The Hall–Kier alpha value is -2.14. The van der Waals surface area contributed by atoms with E-state index in [-0.39, 0.29) is 11.9 Å². The number of halogens is 1. The van der Waals surface area contributed by atoms with E-state index in [0.717, 1.165) is 31.6 Å². The first-order valence-electron chi connectivity index (χ1n) is 7.04. The van der Waals surface area contributed by atoms with Gasteiger partial charge in [0.25, 0.3) is 0 Å². The number of rotatable bonds is 4. The lowest BCUT2D eigenvalue weighted by atomic mass is 10.2. The van der Waals surface area contributed by atoms with Crippen LogP contribution in [-0.2, 0) is 6.54 Å². The summed E-state index contributed by atoms with van der Waals surface area (Å²) in [4.78, 5) is 6.30. The number of nitrogen functional groups attached to an aromatic ring is 1. The summed E-state index contributed by atoms with van der Waals surface area (Å²) < 4.78 is 19.0. The quantitative estimate of drug-likeness (QED) is 0.938. The molecular weight excluding hydrogens is 269 g/mol. The fourth-order valence-corrected chi connectivity index (χ4v) is 2.62. The van der Waals surface area contributed by atoms with Gasteiger partial charge in [-0.25, -0.2) is 9.37 Å². The molecule has 21 heavy (non-hydrogen) atoms. The largest absolute Gasteiger partial charge is 0.489 e. The predicted octanol–water partition coefficient (Wildman–Crippen LogP) is 2.46. The zero-order chi connectivity index (χ0) is 14.7. The van der Waals surface area contributed by atoms with Crippen LogP contribution in [-0.4, -0.2) is 29.1 Å². The van der Waals surface area contributed by atoms with Crippen LogP contribution in [0.5, 0.6) is 5.75 Å². The lowest BCUT2D eigenvalue weighted by Gasteiger charge is -2.17. The zero-order valence-corrected chi connectivity index (χ0v) is 11.7. The van der Waals surface area contributed by atoms with Gasteiger partial charge in [-0.15, -0.1) is 0 Å². The summed E-state index contributed by atoms with van der Waals surface area (Å²) in [5, 5.41) is 0. The minimum atomic E-state index is -0.269. The molecule has 0 spiro atoms. The first-order valence-corrected chi connectivity index (χ1v) is 7.04. The Morgan fingerprint density at radius 3 is 3.05 bits per heavy atom. The van der Waals surface area contributed by atoms with E-state index in [4.69, 9.17) is 10.5 Å². The van der Waals surface area contributed by atoms with E-state index in [1.807, 2.05) is 12.1 Å². The normalized spacial score (nSPS) is 18.8. The third-order valence-electron chi connectivity index (χ3n) is 3.58. The molecule has 1 aromatic heterocycles. The highest BCUT2D eigenvalue weighted by molar-refractivity contribution is 5.31. The predicted molar refractivity (Wildman–Crippen MR) is 79.4 cm³/mol. The molecule has 3 rings (SSSR count). The first kappa shape index (κ1) is 13.8. The molecule has 0 bridgehead atoms. The maximum Gasteiger partial charge on any atom is 0.126 e. The van der Waals surface area contributed by atoms with Gasteiger partial charge in [-0.05, 0) is 36.2 Å². The molecule has 2 aromatic rings. The molecule has 4 nitrogen and oxygen atoms in total. The van der Waals surface area contributed by atoms with Crippen LogP contribution in [0, 0.1) is 5.82 Å². The molecule has 1 aromatic carbocycles. The fourth-order valence-electron chi connectivity index (χ4n) is 2.62. The number of ether oxygens (including phenoxy) is 1. The van der Waals surface area contributed by atoms with E-state index < -0.39 is 0 Å². The molecular formula is C16H18FN3O. The number of pyridine rings is 1. The van der Waals surface area contributed by atoms with Gasteiger partial charge >= 0.3 is 0 Å². The summed E-state index contributed by atoms with van der Waals surface area (Å²) >= 11 is 0. The second kappa shape index (κ2) is 6.10. The van der Waals surface area contributed by atoms with Gasteiger partial charge in [0.15, 0.2) is 0 Å². The number of benzene rings is 1. The number of hydrogen-bond donors (Lipinski definition) is 1. The highest BCUT2D eigenvalue weighted by atomic mass is 19.1. The zero-order valence-electron chi connectivity index (χ0n) is 11.7. The molecule has 1 fully saturated rings. The molecule has 0 unspecified atom stereocenters. The number of anilines is 1. The van der Waals surface area contributed by atoms with E-state index in [1.165, 1.54) is 12.1 Å². The van der Waals surface area contributed by atoms with E-state index in [1.54, 1.807) is 18.3 Å². The second-order valence-electron chi connectivity index (χ2n) is 5.31. The lowest BCUT2D eigenvalue weighted by Crippen LogP contribution is -2.24. The highest BCUT2D eigenvalue weighted by Gasteiger charge is 2.24. The summed E-state index contributed by atoms with van der Waals surface area (Å²) in [5.41, 5.74) is 6.83. The van der Waals surface area contributed by atoms with Crippen molar-refractivity contribution in [2.24, 2.45) is 0 Å². The topological polar surface area (TPSA) is 51.4 Å². The SMILES string of the molecule is Nc1cc(CN2CC[C@@H](Oc3cccc(F)c3)C2)ccn1. The Morgan fingerprint density at radius 1 is 1.33 bits per heavy atom. The maximum absolute atomic E-state index is 13.1. The molecule has 5 heteroatoms. The van der Waals surface area contributed by atoms with Crippen LogP contribution in [0.2, 0.25) is 0 Å². The number of aromatic nitrogens is 1. The Bertz CT molecular complexity index is 566. The molecule has 1 saturated heterocycles.